The van der Waals surface area contributed by atoms with Gasteiger partial charge in [-0.1, -0.05) is 42.5 Å². The molecule has 1 N–H and O–H groups in total. The third kappa shape index (κ3) is 3.77. The van der Waals surface area contributed by atoms with Gasteiger partial charge in [-0.3, -0.25) is 9.59 Å². The number of methoxy groups -OCH3 is 1. The smallest absolute Gasteiger partial charge is 0.223 e. The van der Waals surface area contributed by atoms with Crippen LogP contribution >= 0.6 is 0 Å². The van der Waals surface area contributed by atoms with Crippen LogP contribution in [0.25, 0.3) is 6.08 Å². The number of nitrogens with one attached hydrogen (secondary N) is 1. The zero-order valence-electron chi connectivity index (χ0n) is 14.9. The van der Waals surface area contributed by atoms with Crippen molar-refractivity contribution in [3.05, 3.63) is 71.4 Å². The average Bonchev–Trinajstić information content (AvgIpc) is 2.66. The minimum atomic E-state index is -0.300. The number of hydrogen-bond acceptors (Lipinski definition) is 3. The molecule has 5 heteroatoms. The fourth-order valence-electron chi connectivity index (χ4n) is 3.20. The molecule has 2 aromatic rings. The van der Waals surface area contributed by atoms with Gasteiger partial charge in [0.1, 0.15) is 5.75 Å². The van der Waals surface area contributed by atoms with E-state index in [1.807, 2.05) is 54.6 Å². The summed E-state index contributed by atoms with van der Waals surface area (Å²) in [6.45, 7) is 1.89. The lowest BCUT2D eigenvalue weighted by atomic mass is 9.93. The quantitative estimate of drug-likeness (QED) is 0.900. The highest BCUT2D eigenvalue weighted by molar-refractivity contribution is 5.81. The lowest BCUT2D eigenvalue weighted by Gasteiger charge is -2.32. The third-order valence-electron chi connectivity index (χ3n) is 4.52. The number of rotatable bonds is 5. The molecule has 0 aromatic heterocycles. The number of amides is 2. The van der Waals surface area contributed by atoms with E-state index in [-0.39, 0.29) is 24.3 Å². The molecule has 0 saturated carbocycles. The summed E-state index contributed by atoms with van der Waals surface area (Å²) >= 11 is 0. The second kappa shape index (κ2) is 7.87. The van der Waals surface area contributed by atoms with Crippen LogP contribution in [0.2, 0.25) is 0 Å². The molecule has 0 unspecified atom stereocenters. The highest BCUT2D eigenvalue weighted by Gasteiger charge is 2.28. The van der Waals surface area contributed by atoms with Crippen molar-refractivity contribution in [3.63, 3.8) is 0 Å². The van der Waals surface area contributed by atoms with Crippen molar-refractivity contribution in [2.75, 3.05) is 7.11 Å². The number of ether oxygens (including phenoxy) is 1. The first kappa shape index (κ1) is 17.7. The molecule has 2 amide bonds. The monoisotopic (exact) mass is 350 g/mol. The Bertz CT molecular complexity index is 845. The Morgan fingerprint density at radius 3 is 2.62 bits per heavy atom. The summed E-state index contributed by atoms with van der Waals surface area (Å²) in [6, 6.07) is 15.1. The summed E-state index contributed by atoms with van der Waals surface area (Å²) in [7, 11) is 1.61. The van der Waals surface area contributed by atoms with Gasteiger partial charge in [0.25, 0.3) is 0 Å². The summed E-state index contributed by atoms with van der Waals surface area (Å²) in [5, 5.41) is 2.93. The molecule has 0 bridgehead atoms. The van der Waals surface area contributed by atoms with Crippen molar-refractivity contribution in [1.29, 1.82) is 0 Å². The number of para-hydroxylation sites is 1. The van der Waals surface area contributed by atoms with Crippen molar-refractivity contribution < 1.29 is 14.3 Å². The normalized spacial score (nSPS) is 15.3. The maximum atomic E-state index is 12.5. The molecular formula is C21H22N2O3. The molecule has 1 atom stereocenters. The van der Waals surface area contributed by atoms with Crippen molar-refractivity contribution in [3.8, 4) is 5.75 Å². The van der Waals surface area contributed by atoms with Gasteiger partial charge in [0, 0.05) is 25.2 Å². The summed E-state index contributed by atoms with van der Waals surface area (Å²) in [4.78, 5) is 26.2. The number of benzene rings is 2. The van der Waals surface area contributed by atoms with Crippen LogP contribution in [-0.2, 0) is 16.1 Å². The van der Waals surface area contributed by atoms with Crippen molar-refractivity contribution in [2.24, 2.45) is 0 Å². The zero-order chi connectivity index (χ0) is 18.5. The van der Waals surface area contributed by atoms with E-state index >= 15 is 0 Å². The Morgan fingerprint density at radius 1 is 1.12 bits per heavy atom. The van der Waals surface area contributed by atoms with Gasteiger partial charge in [0.15, 0.2) is 0 Å². The first-order chi connectivity index (χ1) is 12.6. The van der Waals surface area contributed by atoms with Gasteiger partial charge in [0.05, 0.1) is 19.6 Å². The Kier molecular flexibility index (Phi) is 5.37. The molecule has 1 aliphatic rings. The Morgan fingerprint density at radius 2 is 1.85 bits per heavy atom. The van der Waals surface area contributed by atoms with E-state index in [1.165, 1.54) is 6.92 Å². The van der Waals surface area contributed by atoms with E-state index < -0.39 is 0 Å². The lowest BCUT2D eigenvalue weighted by Crippen LogP contribution is -2.35. The van der Waals surface area contributed by atoms with E-state index in [2.05, 4.69) is 5.32 Å². The number of carbonyl (C=O) groups is 2. The molecule has 0 spiro atoms. The van der Waals surface area contributed by atoms with Gasteiger partial charge < -0.3 is 15.0 Å². The van der Waals surface area contributed by atoms with E-state index in [4.69, 9.17) is 4.74 Å². The minimum Gasteiger partial charge on any atom is -0.496 e. The highest BCUT2D eigenvalue weighted by atomic mass is 16.5. The zero-order valence-corrected chi connectivity index (χ0v) is 14.9. The largest absolute Gasteiger partial charge is 0.496 e. The standard InChI is InChI=1S/C21H22N2O3/c1-15(24)23-12-11-16-7-3-5-9-18(16)19(23)13-21(25)22-14-17-8-4-6-10-20(17)26-2/h3-12,19H,13-14H2,1-2H3,(H,22,25)/t19-/m1/s1. The van der Waals surface area contributed by atoms with E-state index in [1.54, 1.807) is 18.2 Å². The average molecular weight is 350 g/mol. The summed E-state index contributed by atoms with van der Waals surface area (Å²) in [6.07, 6.45) is 3.86. The third-order valence-corrected chi connectivity index (χ3v) is 4.52. The number of carbonyl (C=O) groups excluding carboxylic acids is 2. The van der Waals surface area contributed by atoms with Gasteiger partial charge in [-0.15, -0.1) is 0 Å². The molecule has 1 aliphatic heterocycles. The molecule has 3 rings (SSSR count). The SMILES string of the molecule is COc1ccccc1CNC(=O)C[C@@H]1c2ccccc2C=CN1C(C)=O. The van der Waals surface area contributed by atoms with Gasteiger partial charge >= 0.3 is 0 Å². The van der Waals surface area contributed by atoms with E-state index in [9.17, 15) is 9.59 Å². The summed E-state index contributed by atoms with van der Waals surface area (Å²) in [5.74, 6) is 0.541. The second-order valence-electron chi connectivity index (χ2n) is 6.18. The van der Waals surface area contributed by atoms with Crippen molar-refractivity contribution in [1.82, 2.24) is 10.2 Å². The molecule has 1 heterocycles. The van der Waals surface area contributed by atoms with Crippen LogP contribution in [0.5, 0.6) is 5.75 Å². The maximum Gasteiger partial charge on any atom is 0.223 e. The van der Waals surface area contributed by atoms with Crippen LogP contribution < -0.4 is 10.1 Å². The first-order valence-corrected chi connectivity index (χ1v) is 8.54. The molecule has 2 aromatic carbocycles. The Hall–Kier alpha value is -3.08. The summed E-state index contributed by atoms with van der Waals surface area (Å²) in [5.41, 5.74) is 2.93. The van der Waals surface area contributed by atoms with Crippen LogP contribution in [0.4, 0.5) is 0 Å². The first-order valence-electron chi connectivity index (χ1n) is 8.54. The lowest BCUT2D eigenvalue weighted by molar-refractivity contribution is -0.130. The van der Waals surface area contributed by atoms with E-state index in [0.29, 0.717) is 6.54 Å². The minimum absolute atomic E-state index is 0.0849. The summed E-state index contributed by atoms with van der Waals surface area (Å²) < 4.78 is 5.31. The molecule has 0 aliphatic carbocycles. The predicted octanol–water partition coefficient (Wildman–Crippen LogP) is 3.28. The number of nitrogens with zero attached hydrogens (tertiary/aromatic N) is 1. The molecule has 0 saturated heterocycles. The van der Waals surface area contributed by atoms with Gasteiger partial charge in [-0.05, 0) is 23.3 Å². The molecule has 134 valence electrons. The molecule has 5 nitrogen and oxygen atoms in total. The fourth-order valence-corrected chi connectivity index (χ4v) is 3.20. The molecular weight excluding hydrogens is 328 g/mol. The fraction of sp³-hybridized carbons (Fsp3) is 0.238. The number of hydrogen-bond donors (Lipinski definition) is 1. The van der Waals surface area contributed by atoms with Crippen molar-refractivity contribution in [2.45, 2.75) is 25.9 Å². The van der Waals surface area contributed by atoms with Crippen LogP contribution in [0.1, 0.15) is 36.1 Å². The molecule has 26 heavy (non-hydrogen) atoms. The maximum absolute atomic E-state index is 12.5. The van der Waals surface area contributed by atoms with Crippen LogP contribution in [0, 0.1) is 0 Å². The van der Waals surface area contributed by atoms with Gasteiger partial charge in [0.2, 0.25) is 11.8 Å². The Labute approximate surface area is 153 Å². The number of fused-ring (bicyclic) bond motifs is 1. The van der Waals surface area contributed by atoms with Gasteiger partial charge in [-0.2, -0.15) is 0 Å². The van der Waals surface area contributed by atoms with Gasteiger partial charge in [-0.25, -0.2) is 0 Å². The Balaban J connectivity index is 1.72. The van der Waals surface area contributed by atoms with Crippen LogP contribution in [0.3, 0.4) is 0 Å². The second-order valence-corrected chi connectivity index (χ2v) is 6.18. The van der Waals surface area contributed by atoms with Crippen molar-refractivity contribution >= 4 is 17.9 Å². The molecule has 0 fully saturated rings. The predicted molar refractivity (Wildman–Crippen MR) is 100 cm³/mol. The van der Waals surface area contributed by atoms with E-state index in [0.717, 1.165) is 22.4 Å². The molecule has 0 radical (unpaired) electrons. The van der Waals surface area contributed by atoms with Crippen LogP contribution in [-0.4, -0.2) is 23.8 Å². The topological polar surface area (TPSA) is 58.6 Å². The van der Waals surface area contributed by atoms with Crippen LogP contribution in [0.15, 0.2) is 54.7 Å². The highest BCUT2D eigenvalue weighted by Crippen LogP contribution is 2.32.